The van der Waals surface area contributed by atoms with Gasteiger partial charge in [0.15, 0.2) is 0 Å². The number of rotatable bonds is 7. The Morgan fingerprint density at radius 1 is 1.11 bits per heavy atom. The number of nitrogens with two attached hydrogens (primary N) is 1. The van der Waals surface area contributed by atoms with E-state index in [9.17, 15) is 14.4 Å². The zero-order valence-electron chi connectivity index (χ0n) is 19.7. The SMILES string of the molecule is CN1C[C@@H](NC(=O)CN)C[C@@H]1C(=O)N(CCc1ccccc1)C(=O)Nc1cnc2ccccc2c1. The van der Waals surface area contributed by atoms with Crippen LogP contribution in [0.25, 0.3) is 10.9 Å². The summed E-state index contributed by atoms with van der Waals surface area (Å²) in [6, 6.07) is 17.9. The van der Waals surface area contributed by atoms with Crippen molar-refractivity contribution >= 4 is 34.4 Å². The number of imide groups is 1. The van der Waals surface area contributed by atoms with Gasteiger partial charge in [-0.05, 0) is 37.6 Å². The van der Waals surface area contributed by atoms with Crippen LogP contribution in [-0.4, -0.2) is 71.4 Å². The van der Waals surface area contributed by atoms with Crippen molar-refractivity contribution in [3.63, 3.8) is 0 Å². The van der Waals surface area contributed by atoms with E-state index in [1.807, 2.05) is 72.6 Å². The van der Waals surface area contributed by atoms with E-state index in [0.717, 1.165) is 16.5 Å². The van der Waals surface area contributed by atoms with Crippen LogP contribution in [0.5, 0.6) is 0 Å². The highest BCUT2D eigenvalue weighted by atomic mass is 16.2. The van der Waals surface area contributed by atoms with Gasteiger partial charge in [-0.3, -0.25) is 24.4 Å². The Morgan fingerprint density at radius 3 is 2.63 bits per heavy atom. The number of carbonyl (C=O) groups is 3. The first-order valence-corrected chi connectivity index (χ1v) is 11.7. The Morgan fingerprint density at radius 2 is 1.86 bits per heavy atom. The molecule has 1 aliphatic rings. The van der Waals surface area contributed by atoms with E-state index in [1.54, 1.807) is 6.20 Å². The van der Waals surface area contributed by atoms with Crippen LogP contribution in [-0.2, 0) is 16.0 Å². The highest BCUT2D eigenvalue weighted by Gasteiger charge is 2.39. The van der Waals surface area contributed by atoms with Crippen molar-refractivity contribution in [2.24, 2.45) is 5.73 Å². The summed E-state index contributed by atoms with van der Waals surface area (Å²) in [5.74, 6) is -0.571. The number of likely N-dealkylation sites (tertiary alicyclic amines) is 1. The molecule has 1 aromatic heterocycles. The fraction of sp³-hybridized carbons (Fsp3) is 0.308. The van der Waals surface area contributed by atoms with E-state index in [0.29, 0.717) is 25.1 Å². The van der Waals surface area contributed by atoms with Crippen molar-refractivity contribution in [3.8, 4) is 0 Å². The molecule has 9 nitrogen and oxygen atoms in total. The number of hydrogen-bond acceptors (Lipinski definition) is 6. The van der Waals surface area contributed by atoms with Crippen molar-refractivity contribution < 1.29 is 14.4 Å². The van der Waals surface area contributed by atoms with Crippen LogP contribution < -0.4 is 16.4 Å². The number of fused-ring (bicyclic) bond motifs is 1. The second kappa shape index (κ2) is 11.1. The van der Waals surface area contributed by atoms with Gasteiger partial charge >= 0.3 is 6.03 Å². The van der Waals surface area contributed by atoms with Crippen molar-refractivity contribution in [1.82, 2.24) is 20.1 Å². The number of anilines is 1. The molecule has 2 atom stereocenters. The summed E-state index contributed by atoms with van der Waals surface area (Å²) < 4.78 is 0. The molecule has 1 saturated heterocycles. The number of nitrogens with one attached hydrogen (secondary N) is 2. The largest absolute Gasteiger partial charge is 0.351 e. The van der Waals surface area contributed by atoms with Gasteiger partial charge in [-0.15, -0.1) is 0 Å². The summed E-state index contributed by atoms with van der Waals surface area (Å²) in [6.07, 6.45) is 2.52. The Hall–Kier alpha value is -3.82. The van der Waals surface area contributed by atoms with Crippen molar-refractivity contribution in [3.05, 3.63) is 72.4 Å². The summed E-state index contributed by atoms with van der Waals surface area (Å²) in [7, 11) is 1.82. The number of para-hydroxylation sites is 1. The van der Waals surface area contributed by atoms with Gasteiger partial charge in [0.1, 0.15) is 0 Å². The number of amides is 4. The van der Waals surface area contributed by atoms with Crippen LogP contribution in [0, 0.1) is 0 Å². The Kier molecular flexibility index (Phi) is 7.69. The van der Waals surface area contributed by atoms with Gasteiger partial charge in [-0.1, -0.05) is 48.5 Å². The van der Waals surface area contributed by atoms with E-state index < -0.39 is 12.1 Å². The first-order chi connectivity index (χ1) is 16.9. The molecule has 0 saturated carbocycles. The molecule has 0 aliphatic carbocycles. The van der Waals surface area contributed by atoms with Gasteiger partial charge in [0, 0.05) is 24.5 Å². The molecule has 4 N–H and O–H groups in total. The van der Waals surface area contributed by atoms with Crippen LogP contribution in [0.3, 0.4) is 0 Å². The molecule has 0 radical (unpaired) electrons. The first kappa shape index (κ1) is 24.3. The normalized spacial score (nSPS) is 17.8. The van der Waals surface area contributed by atoms with Crippen molar-refractivity contribution in [2.75, 3.05) is 32.0 Å². The lowest BCUT2D eigenvalue weighted by Gasteiger charge is -2.27. The van der Waals surface area contributed by atoms with E-state index >= 15 is 0 Å². The molecule has 4 amide bonds. The lowest BCUT2D eigenvalue weighted by Crippen LogP contribution is -2.49. The number of hydrogen-bond donors (Lipinski definition) is 3. The molecule has 35 heavy (non-hydrogen) atoms. The molecule has 0 unspecified atom stereocenters. The smallest absolute Gasteiger partial charge is 0.328 e. The molecule has 1 aliphatic heterocycles. The minimum absolute atomic E-state index is 0.107. The minimum atomic E-state index is -0.533. The molecular weight excluding hydrogens is 444 g/mol. The fourth-order valence-electron chi connectivity index (χ4n) is 4.39. The third-order valence-corrected chi connectivity index (χ3v) is 6.20. The molecule has 0 spiro atoms. The zero-order chi connectivity index (χ0) is 24.8. The zero-order valence-corrected chi connectivity index (χ0v) is 19.7. The molecule has 182 valence electrons. The molecule has 2 heterocycles. The summed E-state index contributed by atoms with van der Waals surface area (Å²) in [5, 5.41) is 6.57. The van der Waals surface area contributed by atoms with Crippen LogP contribution in [0.1, 0.15) is 12.0 Å². The lowest BCUT2D eigenvalue weighted by molar-refractivity contribution is -0.132. The minimum Gasteiger partial charge on any atom is -0.351 e. The maximum Gasteiger partial charge on any atom is 0.328 e. The Balaban J connectivity index is 1.52. The molecule has 0 bridgehead atoms. The standard InChI is InChI=1S/C26H30N6O3/c1-31-17-21(29-24(33)15-27)14-23(31)25(34)32(12-11-18-7-3-2-4-8-18)26(35)30-20-13-19-9-5-6-10-22(19)28-16-20/h2-10,13,16,21,23H,11-12,14-15,17,27H2,1H3,(H,29,33)(H,30,35)/t21-,23+/m0/s1. The van der Waals surface area contributed by atoms with Crippen LogP contribution in [0.4, 0.5) is 10.5 Å². The third kappa shape index (κ3) is 6.00. The second-order valence-corrected chi connectivity index (χ2v) is 8.73. The second-order valence-electron chi connectivity index (χ2n) is 8.73. The van der Waals surface area contributed by atoms with Crippen LogP contribution in [0.15, 0.2) is 66.9 Å². The van der Waals surface area contributed by atoms with Crippen LogP contribution >= 0.6 is 0 Å². The van der Waals surface area contributed by atoms with E-state index in [2.05, 4.69) is 15.6 Å². The van der Waals surface area contributed by atoms with Gasteiger partial charge in [0.2, 0.25) is 11.8 Å². The van der Waals surface area contributed by atoms with E-state index in [-0.39, 0.29) is 30.9 Å². The number of likely N-dealkylation sites (N-methyl/N-ethyl adjacent to an activating group) is 1. The highest BCUT2D eigenvalue weighted by Crippen LogP contribution is 2.21. The number of benzene rings is 2. The quantitative estimate of drug-likeness (QED) is 0.482. The third-order valence-electron chi connectivity index (χ3n) is 6.20. The summed E-state index contributed by atoms with van der Waals surface area (Å²) >= 11 is 0. The molecule has 3 aromatic rings. The Bertz CT molecular complexity index is 1200. The monoisotopic (exact) mass is 474 g/mol. The van der Waals surface area contributed by atoms with Crippen molar-refractivity contribution in [1.29, 1.82) is 0 Å². The fourth-order valence-corrected chi connectivity index (χ4v) is 4.39. The number of urea groups is 1. The maximum atomic E-state index is 13.6. The molecule has 4 rings (SSSR count). The lowest BCUT2D eigenvalue weighted by atomic mass is 10.1. The molecule has 9 heteroatoms. The molecular formula is C26H30N6O3. The predicted octanol–water partition coefficient (Wildman–Crippen LogP) is 1.99. The van der Waals surface area contributed by atoms with Gasteiger partial charge < -0.3 is 16.4 Å². The number of nitrogens with zero attached hydrogens (tertiary/aromatic N) is 3. The summed E-state index contributed by atoms with van der Waals surface area (Å²) in [6.45, 7) is 0.620. The van der Waals surface area contributed by atoms with Gasteiger partial charge in [-0.2, -0.15) is 0 Å². The number of carbonyl (C=O) groups excluding carboxylic acids is 3. The van der Waals surface area contributed by atoms with Gasteiger partial charge in [0.25, 0.3) is 0 Å². The van der Waals surface area contributed by atoms with E-state index in [4.69, 9.17) is 5.73 Å². The first-order valence-electron chi connectivity index (χ1n) is 11.7. The summed E-state index contributed by atoms with van der Waals surface area (Å²) in [5.41, 5.74) is 7.77. The average molecular weight is 475 g/mol. The Labute approximate surface area is 204 Å². The summed E-state index contributed by atoms with van der Waals surface area (Å²) in [4.78, 5) is 46.2. The molecule has 1 fully saturated rings. The van der Waals surface area contributed by atoms with E-state index in [1.165, 1.54) is 4.90 Å². The average Bonchev–Trinajstić information content (AvgIpc) is 3.24. The van der Waals surface area contributed by atoms with Gasteiger partial charge in [0.05, 0.1) is 30.0 Å². The number of aromatic nitrogens is 1. The predicted molar refractivity (Wildman–Crippen MR) is 135 cm³/mol. The number of pyridine rings is 1. The molecule has 2 aromatic carbocycles. The topological polar surface area (TPSA) is 121 Å². The highest BCUT2D eigenvalue weighted by molar-refractivity contribution is 6.03. The van der Waals surface area contributed by atoms with Crippen LogP contribution in [0.2, 0.25) is 0 Å². The van der Waals surface area contributed by atoms with Gasteiger partial charge in [-0.25, -0.2) is 4.79 Å². The van der Waals surface area contributed by atoms with Crippen molar-refractivity contribution in [2.45, 2.75) is 24.9 Å². The maximum absolute atomic E-state index is 13.6.